The number of amides is 1. The van der Waals surface area contributed by atoms with Gasteiger partial charge in [-0.25, -0.2) is 0 Å². The second kappa shape index (κ2) is 8.10. The van der Waals surface area contributed by atoms with Gasteiger partial charge in [-0.2, -0.15) is 5.10 Å². The van der Waals surface area contributed by atoms with Gasteiger partial charge in [-0.1, -0.05) is 0 Å². The summed E-state index contributed by atoms with van der Waals surface area (Å²) >= 11 is 0. The number of benzene rings is 1. The Labute approximate surface area is 148 Å². The van der Waals surface area contributed by atoms with Gasteiger partial charge < -0.3 is 15.2 Å². The van der Waals surface area contributed by atoms with Crippen molar-refractivity contribution in [3.8, 4) is 5.75 Å². The number of hydrogen-bond donors (Lipinski definition) is 2. The Balaban J connectivity index is 2.02. The number of carboxylic acid groups (broad SMARTS) is 1. The lowest BCUT2D eigenvalue weighted by atomic mass is 10.2. The minimum absolute atomic E-state index is 0.0248. The first kappa shape index (κ1) is 18.9. The van der Waals surface area contributed by atoms with Gasteiger partial charge in [0.25, 0.3) is 5.91 Å². The van der Waals surface area contributed by atoms with E-state index in [0.29, 0.717) is 17.9 Å². The quantitative estimate of drug-likeness (QED) is 0.417. The number of rotatable bonds is 8. The average molecular weight is 362 g/mol. The second-order valence-electron chi connectivity index (χ2n) is 5.49. The Morgan fingerprint density at radius 2 is 2.00 bits per heavy atom. The third-order valence-electron chi connectivity index (χ3n) is 3.50. The van der Waals surface area contributed by atoms with Crippen molar-refractivity contribution in [1.29, 1.82) is 0 Å². The lowest BCUT2D eigenvalue weighted by Gasteiger charge is -2.08. The molecule has 26 heavy (non-hydrogen) atoms. The molecule has 0 aliphatic heterocycles. The summed E-state index contributed by atoms with van der Waals surface area (Å²) in [4.78, 5) is 33.3. The third-order valence-corrected chi connectivity index (χ3v) is 3.50. The Hall–Kier alpha value is -3.43. The zero-order valence-electron chi connectivity index (χ0n) is 14.3. The maximum Gasteiger partial charge on any atom is 0.322 e. The largest absolute Gasteiger partial charge is 0.494 e. The first-order chi connectivity index (χ1) is 12.3. The number of nitro groups is 1. The highest BCUT2D eigenvalue weighted by Crippen LogP contribution is 2.24. The summed E-state index contributed by atoms with van der Waals surface area (Å²) in [5.41, 5.74) is 0.124. The highest BCUT2D eigenvalue weighted by atomic mass is 16.6. The van der Waals surface area contributed by atoms with E-state index in [2.05, 4.69) is 10.4 Å². The summed E-state index contributed by atoms with van der Waals surface area (Å²) in [6.07, 6.45) is 0.411. The van der Waals surface area contributed by atoms with E-state index in [1.807, 2.05) is 0 Å². The summed E-state index contributed by atoms with van der Waals surface area (Å²) in [7, 11) is 1.46. The van der Waals surface area contributed by atoms with Gasteiger partial charge >= 0.3 is 11.7 Å². The molecule has 2 aromatic rings. The summed E-state index contributed by atoms with van der Waals surface area (Å²) in [5, 5.41) is 26.2. The van der Waals surface area contributed by atoms with E-state index in [4.69, 9.17) is 9.84 Å². The van der Waals surface area contributed by atoms with Gasteiger partial charge in [0.1, 0.15) is 11.4 Å². The number of carbonyl (C=O) groups excluding carboxylic acids is 1. The van der Waals surface area contributed by atoms with E-state index in [1.165, 1.54) is 18.7 Å². The van der Waals surface area contributed by atoms with Gasteiger partial charge in [-0.05, 0) is 37.6 Å². The standard InChI is InChI=1S/C16H18N4O6/c1-10-14(20(24)25)15(19(2)18-10)16(23)17-11-5-7-12(8-6-11)26-9-3-4-13(21)22/h5-8H,3-4,9H2,1-2H3,(H,17,23)(H,21,22). The van der Waals surface area contributed by atoms with Gasteiger partial charge in [0.15, 0.2) is 0 Å². The maximum absolute atomic E-state index is 12.4. The Morgan fingerprint density at radius 1 is 1.35 bits per heavy atom. The number of ether oxygens (including phenoxy) is 1. The first-order valence-corrected chi connectivity index (χ1v) is 7.73. The zero-order chi connectivity index (χ0) is 19.3. The maximum atomic E-state index is 12.4. The Bertz CT molecular complexity index is 828. The van der Waals surface area contributed by atoms with Crippen molar-refractivity contribution in [3.63, 3.8) is 0 Å². The van der Waals surface area contributed by atoms with Crippen molar-refractivity contribution >= 4 is 23.3 Å². The second-order valence-corrected chi connectivity index (χ2v) is 5.49. The van der Waals surface area contributed by atoms with Crippen molar-refractivity contribution in [2.45, 2.75) is 19.8 Å². The van der Waals surface area contributed by atoms with Crippen LogP contribution in [0.25, 0.3) is 0 Å². The number of hydrogen-bond acceptors (Lipinski definition) is 6. The number of nitrogens with one attached hydrogen (secondary N) is 1. The molecule has 1 aromatic carbocycles. The van der Waals surface area contributed by atoms with Gasteiger partial charge in [-0.3, -0.25) is 24.4 Å². The molecule has 0 saturated carbocycles. The van der Waals surface area contributed by atoms with Gasteiger partial charge in [-0.15, -0.1) is 0 Å². The fourth-order valence-electron chi connectivity index (χ4n) is 2.36. The predicted octanol–water partition coefficient (Wildman–Crippen LogP) is 2.13. The van der Waals surface area contributed by atoms with E-state index in [-0.39, 0.29) is 30.1 Å². The lowest BCUT2D eigenvalue weighted by molar-refractivity contribution is -0.385. The highest BCUT2D eigenvalue weighted by Gasteiger charge is 2.29. The number of aliphatic carboxylic acids is 1. The van der Waals surface area contributed by atoms with Crippen molar-refractivity contribution < 1.29 is 24.4 Å². The van der Waals surface area contributed by atoms with Gasteiger partial charge in [0, 0.05) is 19.2 Å². The molecule has 0 radical (unpaired) electrons. The number of carboxylic acids is 1. The molecule has 0 atom stereocenters. The SMILES string of the molecule is Cc1nn(C)c(C(=O)Nc2ccc(OCCCC(=O)O)cc2)c1[N+](=O)[O-]. The van der Waals surface area contributed by atoms with Crippen LogP contribution < -0.4 is 10.1 Å². The Kier molecular flexibility index (Phi) is 5.89. The molecule has 2 N–H and O–H groups in total. The molecule has 0 aliphatic carbocycles. The molecular weight excluding hydrogens is 344 g/mol. The van der Waals surface area contributed by atoms with Crippen molar-refractivity contribution in [2.75, 3.05) is 11.9 Å². The topological polar surface area (TPSA) is 137 Å². The van der Waals surface area contributed by atoms with Crippen LogP contribution in [0.15, 0.2) is 24.3 Å². The molecule has 1 amide bonds. The van der Waals surface area contributed by atoms with E-state index >= 15 is 0 Å². The lowest BCUT2D eigenvalue weighted by Crippen LogP contribution is -2.17. The number of anilines is 1. The molecule has 0 bridgehead atoms. The van der Waals surface area contributed by atoms with E-state index in [1.54, 1.807) is 24.3 Å². The van der Waals surface area contributed by atoms with E-state index < -0.39 is 16.8 Å². The minimum Gasteiger partial charge on any atom is -0.494 e. The van der Waals surface area contributed by atoms with Gasteiger partial charge in [0.05, 0.1) is 11.5 Å². The monoisotopic (exact) mass is 362 g/mol. The predicted molar refractivity (Wildman–Crippen MR) is 91.4 cm³/mol. The summed E-state index contributed by atoms with van der Waals surface area (Å²) in [6.45, 7) is 1.73. The number of aryl methyl sites for hydroxylation is 2. The number of carbonyl (C=O) groups is 2. The van der Waals surface area contributed by atoms with Crippen LogP contribution >= 0.6 is 0 Å². The molecule has 0 fully saturated rings. The smallest absolute Gasteiger partial charge is 0.322 e. The zero-order valence-corrected chi connectivity index (χ0v) is 14.3. The molecule has 138 valence electrons. The molecule has 0 spiro atoms. The molecular formula is C16H18N4O6. The van der Waals surface area contributed by atoms with Crippen molar-refractivity contribution in [1.82, 2.24) is 9.78 Å². The molecule has 0 aliphatic rings. The van der Waals surface area contributed by atoms with Crippen molar-refractivity contribution in [3.05, 3.63) is 45.8 Å². The molecule has 0 saturated heterocycles. The van der Waals surface area contributed by atoms with Crippen LogP contribution in [0.1, 0.15) is 29.0 Å². The third kappa shape index (κ3) is 4.56. The molecule has 2 rings (SSSR count). The molecule has 1 heterocycles. The summed E-state index contributed by atoms with van der Waals surface area (Å²) in [5.74, 6) is -1.00. The minimum atomic E-state index is -0.883. The van der Waals surface area contributed by atoms with Crippen LogP contribution in [0.3, 0.4) is 0 Å². The molecule has 10 nitrogen and oxygen atoms in total. The molecule has 1 aromatic heterocycles. The average Bonchev–Trinajstić information content (AvgIpc) is 2.87. The fraction of sp³-hybridized carbons (Fsp3) is 0.312. The Morgan fingerprint density at radius 3 is 2.58 bits per heavy atom. The fourth-order valence-corrected chi connectivity index (χ4v) is 2.36. The van der Waals surface area contributed by atoms with Crippen LogP contribution in [0, 0.1) is 17.0 Å². The summed E-state index contributed by atoms with van der Waals surface area (Å²) in [6, 6.07) is 6.39. The first-order valence-electron chi connectivity index (χ1n) is 7.73. The number of nitrogens with zero attached hydrogens (tertiary/aromatic N) is 3. The van der Waals surface area contributed by atoms with Crippen molar-refractivity contribution in [2.24, 2.45) is 7.05 Å². The van der Waals surface area contributed by atoms with E-state index in [0.717, 1.165) is 0 Å². The van der Waals surface area contributed by atoms with Crippen LogP contribution in [-0.2, 0) is 11.8 Å². The normalized spacial score (nSPS) is 10.4. The summed E-state index contributed by atoms with van der Waals surface area (Å²) < 4.78 is 6.56. The molecule has 10 heteroatoms. The van der Waals surface area contributed by atoms with Crippen LogP contribution in [0.4, 0.5) is 11.4 Å². The van der Waals surface area contributed by atoms with Crippen LogP contribution in [0.5, 0.6) is 5.75 Å². The molecule has 0 unspecified atom stereocenters. The number of aromatic nitrogens is 2. The van der Waals surface area contributed by atoms with Crippen LogP contribution in [0.2, 0.25) is 0 Å². The van der Waals surface area contributed by atoms with Crippen LogP contribution in [-0.4, -0.2) is 38.3 Å². The van der Waals surface area contributed by atoms with Gasteiger partial charge in [0.2, 0.25) is 5.69 Å². The highest BCUT2D eigenvalue weighted by molar-refractivity contribution is 6.06. The van der Waals surface area contributed by atoms with E-state index in [9.17, 15) is 19.7 Å².